The summed E-state index contributed by atoms with van der Waals surface area (Å²) in [5.41, 5.74) is 3.64. The first-order chi connectivity index (χ1) is 14.0. The molecule has 162 valence electrons. The maximum atomic E-state index is 4.53. The number of hydrogen-bond acceptors (Lipinski definition) is 5. The van der Waals surface area contributed by atoms with Crippen molar-refractivity contribution < 1.29 is 0 Å². The van der Waals surface area contributed by atoms with Crippen LogP contribution in [0.25, 0.3) is 5.57 Å². The van der Waals surface area contributed by atoms with Gasteiger partial charge in [0.15, 0.2) is 5.82 Å². The van der Waals surface area contributed by atoms with E-state index in [9.17, 15) is 0 Å². The molecular weight excluding hydrogens is 370 g/mol. The van der Waals surface area contributed by atoms with Crippen molar-refractivity contribution >= 4 is 17.6 Å². The number of aromatic nitrogens is 2. The van der Waals surface area contributed by atoms with Crippen LogP contribution in [0.5, 0.6) is 0 Å². The predicted molar refractivity (Wildman–Crippen MR) is 130 cm³/mol. The van der Waals surface area contributed by atoms with Crippen molar-refractivity contribution in [2.45, 2.75) is 71.5 Å². The Morgan fingerprint density at radius 3 is 2.23 bits per heavy atom. The van der Waals surface area contributed by atoms with Gasteiger partial charge in [-0.05, 0) is 78.2 Å². The molecule has 0 saturated carbocycles. The second kappa shape index (κ2) is 9.52. The standard InChI is InChI=1S/C25H37N5/c1-10-18(4)22(26-12-3)15-19(11-2)21-13-14-23(28-27-21)30(9)20-16-24(5,6)29-25(7,8)17-20/h10-15,20,29H,1-2,16-17H2,3-9H3/b19-15+,22-18-,26-12?. The van der Waals surface area contributed by atoms with E-state index in [1.54, 1.807) is 18.4 Å². The zero-order valence-corrected chi connectivity index (χ0v) is 19.7. The normalized spacial score (nSPS) is 20.0. The summed E-state index contributed by atoms with van der Waals surface area (Å²) in [6.07, 6.45) is 9.43. The number of nitrogens with one attached hydrogen (secondary N) is 1. The second-order valence-electron chi connectivity index (χ2n) is 9.31. The summed E-state index contributed by atoms with van der Waals surface area (Å²) < 4.78 is 0. The van der Waals surface area contributed by atoms with Gasteiger partial charge < -0.3 is 10.2 Å². The lowest BCUT2D eigenvalue weighted by atomic mass is 9.79. The molecule has 0 aliphatic carbocycles. The fraction of sp³-hybridized carbons (Fsp3) is 0.480. The Labute approximate surface area is 182 Å². The first kappa shape index (κ1) is 23.7. The lowest BCUT2D eigenvalue weighted by Crippen LogP contribution is -2.62. The molecule has 30 heavy (non-hydrogen) atoms. The molecule has 2 heterocycles. The van der Waals surface area contributed by atoms with Crippen LogP contribution in [-0.4, -0.2) is 40.6 Å². The molecule has 2 rings (SSSR count). The first-order valence-electron chi connectivity index (χ1n) is 10.5. The van der Waals surface area contributed by atoms with Crippen LogP contribution in [0.3, 0.4) is 0 Å². The molecule has 1 aliphatic heterocycles. The third-order valence-electron chi connectivity index (χ3n) is 5.51. The van der Waals surface area contributed by atoms with Crippen molar-refractivity contribution in [1.82, 2.24) is 15.5 Å². The molecule has 5 nitrogen and oxygen atoms in total. The summed E-state index contributed by atoms with van der Waals surface area (Å²) in [7, 11) is 2.11. The van der Waals surface area contributed by atoms with Crippen LogP contribution in [0.1, 0.15) is 60.1 Å². The molecule has 1 saturated heterocycles. The summed E-state index contributed by atoms with van der Waals surface area (Å²) >= 11 is 0. The average Bonchev–Trinajstić information content (AvgIpc) is 2.67. The Bertz CT molecular complexity index is 840. The van der Waals surface area contributed by atoms with E-state index < -0.39 is 0 Å². The Morgan fingerprint density at radius 1 is 1.13 bits per heavy atom. The van der Waals surface area contributed by atoms with Crippen LogP contribution >= 0.6 is 0 Å². The van der Waals surface area contributed by atoms with E-state index in [2.05, 4.69) is 73.3 Å². The van der Waals surface area contributed by atoms with Gasteiger partial charge in [0, 0.05) is 36.0 Å². The maximum Gasteiger partial charge on any atom is 0.151 e. The van der Waals surface area contributed by atoms with Crippen LogP contribution < -0.4 is 10.2 Å². The van der Waals surface area contributed by atoms with Crippen molar-refractivity contribution in [3.8, 4) is 0 Å². The van der Waals surface area contributed by atoms with Gasteiger partial charge in [0.25, 0.3) is 0 Å². The van der Waals surface area contributed by atoms with Gasteiger partial charge in [-0.25, -0.2) is 0 Å². The molecular formula is C25H37N5. The highest BCUT2D eigenvalue weighted by Crippen LogP contribution is 2.32. The minimum atomic E-state index is 0.0817. The van der Waals surface area contributed by atoms with Crippen LogP contribution in [0.4, 0.5) is 5.82 Å². The number of allylic oxidation sites excluding steroid dienone is 5. The molecule has 1 aliphatic rings. The topological polar surface area (TPSA) is 53.4 Å². The zero-order chi connectivity index (χ0) is 22.5. The largest absolute Gasteiger partial charge is 0.355 e. The van der Waals surface area contributed by atoms with Gasteiger partial charge in [0.1, 0.15) is 0 Å². The van der Waals surface area contributed by atoms with E-state index in [1.807, 2.05) is 32.1 Å². The second-order valence-corrected chi connectivity index (χ2v) is 9.31. The highest BCUT2D eigenvalue weighted by Gasteiger charge is 2.39. The van der Waals surface area contributed by atoms with E-state index in [0.29, 0.717) is 6.04 Å². The molecule has 1 aromatic rings. The van der Waals surface area contributed by atoms with Gasteiger partial charge in [0.2, 0.25) is 0 Å². The molecule has 0 radical (unpaired) electrons. The van der Waals surface area contributed by atoms with Gasteiger partial charge in [-0.1, -0.05) is 25.3 Å². The molecule has 1 aromatic heterocycles. The summed E-state index contributed by atoms with van der Waals surface area (Å²) in [4.78, 5) is 6.70. The molecule has 5 heteroatoms. The van der Waals surface area contributed by atoms with E-state index in [4.69, 9.17) is 0 Å². The van der Waals surface area contributed by atoms with Crippen molar-refractivity contribution in [1.29, 1.82) is 0 Å². The molecule has 0 amide bonds. The SMILES string of the molecule is C=C/C(C)=C(/C=C(\C=C)c1ccc(N(C)C2CC(C)(C)NC(C)(C)C2)nn1)N=CC. The molecule has 0 unspecified atom stereocenters. The Balaban J connectivity index is 2.29. The van der Waals surface area contributed by atoms with E-state index in [0.717, 1.165) is 41.2 Å². The number of piperidine rings is 1. The van der Waals surface area contributed by atoms with Gasteiger partial charge in [-0.3, -0.25) is 4.99 Å². The lowest BCUT2D eigenvalue weighted by molar-refractivity contribution is 0.160. The highest BCUT2D eigenvalue weighted by molar-refractivity contribution is 5.74. The fourth-order valence-corrected chi connectivity index (χ4v) is 4.28. The van der Waals surface area contributed by atoms with E-state index >= 15 is 0 Å². The van der Waals surface area contributed by atoms with Crippen molar-refractivity contribution in [3.05, 3.63) is 60.5 Å². The summed E-state index contributed by atoms with van der Waals surface area (Å²) in [6.45, 7) is 20.7. The van der Waals surface area contributed by atoms with Gasteiger partial charge >= 0.3 is 0 Å². The van der Waals surface area contributed by atoms with Crippen molar-refractivity contribution in [2.75, 3.05) is 11.9 Å². The summed E-state index contributed by atoms with van der Waals surface area (Å²) in [5, 5.41) is 12.8. The highest BCUT2D eigenvalue weighted by atomic mass is 15.3. The molecule has 0 spiro atoms. The van der Waals surface area contributed by atoms with E-state index in [-0.39, 0.29) is 11.1 Å². The van der Waals surface area contributed by atoms with Crippen LogP contribution in [-0.2, 0) is 0 Å². The Hall–Kier alpha value is -2.53. The van der Waals surface area contributed by atoms with Crippen LogP contribution in [0.2, 0.25) is 0 Å². The number of hydrogen-bond donors (Lipinski definition) is 1. The summed E-state index contributed by atoms with van der Waals surface area (Å²) in [5.74, 6) is 0.880. The quantitative estimate of drug-likeness (QED) is 0.489. The molecule has 0 bridgehead atoms. The van der Waals surface area contributed by atoms with Crippen LogP contribution in [0, 0.1) is 0 Å². The van der Waals surface area contributed by atoms with Crippen molar-refractivity contribution in [2.24, 2.45) is 4.99 Å². The average molecular weight is 408 g/mol. The van der Waals surface area contributed by atoms with Gasteiger partial charge in [-0.15, -0.1) is 10.2 Å². The zero-order valence-electron chi connectivity index (χ0n) is 19.7. The molecule has 0 atom stereocenters. The molecule has 1 fully saturated rings. The minimum absolute atomic E-state index is 0.0817. The first-order valence-corrected chi connectivity index (χ1v) is 10.5. The minimum Gasteiger partial charge on any atom is -0.355 e. The monoisotopic (exact) mass is 407 g/mol. The van der Waals surface area contributed by atoms with Crippen LogP contribution in [0.15, 0.2) is 59.8 Å². The third-order valence-corrected chi connectivity index (χ3v) is 5.51. The Morgan fingerprint density at radius 2 is 1.77 bits per heavy atom. The Kier molecular flexibility index (Phi) is 7.54. The number of rotatable bonds is 7. The smallest absolute Gasteiger partial charge is 0.151 e. The predicted octanol–water partition coefficient (Wildman–Crippen LogP) is 5.34. The maximum absolute atomic E-state index is 4.53. The van der Waals surface area contributed by atoms with Crippen molar-refractivity contribution in [3.63, 3.8) is 0 Å². The lowest BCUT2D eigenvalue weighted by Gasteiger charge is -2.49. The summed E-state index contributed by atoms with van der Waals surface area (Å²) in [6, 6.07) is 4.43. The number of nitrogens with zero attached hydrogens (tertiary/aromatic N) is 4. The van der Waals surface area contributed by atoms with Gasteiger partial charge in [0.05, 0.1) is 11.4 Å². The third kappa shape index (κ3) is 5.99. The van der Waals surface area contributed by atoms with E-state index in [1.165, 1.54) is 0 Å². The molecule has 1 N–H and O–H groups in total. The molecule has 0 aromatic carbocycles. The fourth-order valence-electron chi connectivity index (χ4n) is 4.28. The number of anilines is 1. The van der Waals surface area contributed by atoms with Gasteiger partial charge in [-0.2, -0.15) is 0 Å². The number of aliphatic imine (C=N–C) groups is 1.